The summed E-state index contributed by atoms with van der Waals surface area (Å²) in [5.74, 6) is -4.50. The van der Waals surface area contributed by atoms with Gasteiger partial charge in [-0.3, -0.25) is 0 Å². The average molecular weight is 345 g/mol. The van der Waals surface area contributed by atoms with Crippen LogP contribution in [0.2, 0.25) is 0 Å². The lowest BCUT2D eigenvalue weighted by atomic mass is 9.98. The van der Waals surface area contributed by atoms with Gasteiger partial charge in [-0.15, -0.1) is 0 Å². The van der Waals surface area contributed by atoms with E-state index in [9.17, 15) is 18.0 Å². The molecule has 0 aliphatic heterocycles. The van der Waals surface area contributed by atoms with Crippen molar-refractivity contribution in [3.63, 3.8) is 0 Å². The summed E-state index contributed by atoms with van der Waals surface area (Å²) in [6.07, 6.45) is -0.343. The first-order valence-corrected chi connectivity index (χ1v) is 6.34. The van der Waals surface area contributed by atoms with Gasteiger partial charge in [-0.1, -0.05) is 18.2 Å². The summed E-state index contributed by atoms with van der Waals surface area (Å²) < 4.78 is 40.7. The van der Waals surface area contributed by atoms with Crippen molar-refractivity contribution in [1.82, 2.24) is 0 Å². The van der Waals surface area contributed by atoms with Crippen LogP contribution in [0.5, 0.6) is 0 Å². The Morgan fingerprint density at radius 2 is 1.80 bits per heavy atom. The summed E-state index contributed by atoms with van der Waals surface area (Å²) in [4.78, 5) is 11.1. The van der Waals surface area contributed by atoms with Crippen molar-refractivity contribution < 1.29 is 23.1 Å². The minimum Gasteiger partial charge on any atom is -0.478 e. The Balaban J connectivity index is 2.59. The monoisotopic (exact) mass is 344 g/mol. The zero-order valence-electron chi connectivity index (χ0n) is 9.96. The SMILES string of the molecule is O=C(O)c1cc(Br)c(F)c(F)c1Cc1ccccc1F. The summed E-state index contributed by atoms with van der Waals surface area (Å²) in [6, 6.07) is 6.52. The molecule has 0 unspecified atom stereocenters. The Kier molecular flexibility index (Phi) is 4.13. The number of hydrogen-bond acceptors (Lipinski definition) is 1. The molecule has 0 aliphatic carbocycles. The Labute approximate surface area is 121 Å². The van der Waals surface area contributed by atoms with Crippen LogP contribution in [0.15, 0.2) is 34.8 Å². The molecule has 2 aromatic carbocycles. The molecule has 0 saturated heterocycles. The van der Waals surface area contributed by atoms with E-state index in [0.717, 1.165) is 6.07 Å². The fourth-order valence-electron chi connectivity index (χ4n) is 1.83. The number of aromatic carboxylic acids is 1. The highest BCUT2D eigenvalue weighted by atomic mass is 79.9. The Morgan fingerprint density at radius 3 is 2.40 bits per heavy atom. The molecule has 104 valence electrons. The highest BCUT2D eigenvalue weighted by Crippen LogP contribution is 2.27. The average Bonchev–Trinajstić information content (AvgIpc) is 2.41. The van der Waals surface area contributed by atoms with Crippen LogP contribution in [0.3, 0.4) is 0 Å². The largest absolute Gasteiger partial charge is 0.478 e. The summed E-state index contributed by atoms with van der Waals surface area (Å²) in [5, 5.41) is 9.05. The molecular formula is C14H8BrF3O2. The predicted octanol–water partition coefficient (Wildman–Crippen LogP) is 4.16. The second-order valence-electron chi connectivity index (χ2n) is 4.09. The van der Waals surface area contributed by atoms with E-state index in [4.69, 9.17) is 5.11 Å². The van der Waals surface area contributed by atoms with Crippen LogP contribution >= 0.6 is 15.9 Å². The minimum atomic E-state index is -1.41. The first-order chi connectivity index (χ1) is 9.41. The number of halogens is 4. The third kappa shape index (κ3) is 2.70. The summed E-state index contributed by atoms with van der Waals surface area (Å²) in [7, 11) is 0. The molecule has 0 bridgehead atoms. The van der Waals surface area contributed by atoms with Crippen LogP contribution in [0.1, 0.15) is 21.5 Å². The Morgan fingerprint density at radius 1 is 1.15 bits per heavy atom. The molecule has 20 heavy (non-hydrogen) atoms. The van der Waals surface area contributed by atoms with Gasteiger partial charge in [0.1, 0.15) is 5.82 Å². The maximum absolute atomic E-state index is 13.9. The van der Waals surface area contributed by atoms with Crippen molar-refractivity contribution in [2.45, 2.75) is 6.42 Å². The van der Waals surface area contributed by atoms with Gasteiger partial charge < -0.3 is 5.11 Å². The van der Waals surface area contributed by atoms with Crippen molar-refractivity contribution in [3.8, 4) is 0 Å². The molecule has 2 aromatic rings. The maximum atomic E-state index is 13.9. The molecule has 0 aromatic heterocycles. The summed E-state index contributed by atoms with van der Waals surface area (Å²) in [5.41, 5.74) is -0.696. The van der Waals surface area contributed by atoms with Crippen molar-refractivity contribution >= 4 is 21.9 Å². The lowest BCUT2D eigenvalue weighted by molar-refractivity contribution is 0.0695. The quantitative estimate of drug-likeness (QED) is 0.849. The lowest BCUT2D eigenvalue weighted by Gasteiger charge is -2.10. The van der Waals surface area contributed by atoms with E-state index < -0.39 is 29.0 Å². The highest BCUT2D eigenvalue weighted by molar-refractivity contribution is 9.10. The first kappa shape index (κ1) is 14.6. The van der Waals surface area contributed by atoms with Crippen LogP contribution in [0.4, 0.5) is 13.2 Å². The number of benzene rings is 2. The number of carbonyl (C=O) groups is 1. The van der Waals surface area contributed by atoms with Crippen LogP contribution < -0.4 is 0 Å². The molecule has 0 fully saturated rings. The molecule has 0 heterocycles. The van der Waals surface area contributed by atoms with E-state index in [2.05, 4.69) is 15.9 Å². The molecule has 6 heteroatoms. The van der Waals surface area contributed by atoms with E-state index in [1.807, 2.05) is 0 Å². The summed E-state index contributed by atoms with van der Waals surface area (Å²) in [6.45, 7) is 0. The second-order valence-corrected chi connectivity index (χ2v) is 4.94. The Bertz CT molecular complexity index is 686. The first-order valence-electron chi connectivity index (χ1n) is 5.55. The van der Waals surface area contributed by atoms with Crippen molar-refractivity contribution in [1.29, 1.82) is 0 Å². The molecule has 0 spiro atoms. The third-order valence-electron chi connectivity index (χ3n) is 2.82. The van der Waals surface area contributed by atoms with Crippen LogP contribution in [0, 0.1) is 17.5 Å². The van der Waals surface area contributed by atoms with E-state index in [1.54, 1.807) is 0 Å². The fraction of sp³-hybridized carbons (Fsp3) is 0.0714. The molecule has 0 aliphatic rings. The van der Waals surface area contributed by atoms with Crippen LogP contribution in [-0.2, 0) is 6.42 Å². The minimum absolute atomic E-state index is 0.0932. The van der Waals surface area contributed by atoms with Crippen molar-refractivity contribution in [3.05, 3.63) is 68.9 Å². The van der Waals surface area contributed by atoms with Gasteiger partial charge in [0.2, 0.25) is 0 Å². The highest BCUT2D eigenvalue weighted by Gasteiger charge is 2.22. The van der Waals surface area contributed by atoms with Crippen molar-refractivity contribution in [2.24, 2.45) is 0 Å². The molecule has 1 N–H and O–H groups in total. The topological polar surface area (TPSA) is 37.3 Å². The molecule has 0 amide bonds. The normalized spacial score (nSPS) is 10.6. The number of rotatable bonds is 3. The van der Waals surface area contributed by atoms with E-state index in [0.29, 0.717) is 0 Å². The molecular weight excluding hydrogens is 337 g/mol. The molecule has 0 saturated carbocycles. The third-order valence-corrected chi connectivity index (χ3v) is 3.40. The van der Waals surface area contributed by atoms with Gasteiger partial charge in [0.15, 0.2) is 11.6 Å². The predicted molar refractivity (Wildman–Crippen MR) is 70.2 cm³/mol. The number of hydrogen-bond donors (Lipinski definition) is 1. The van der Waals surface area contributed by atoms with Gasteiger partial charge in [-0.05, 0) is 33.6 Å². The maximum Gasteiger partial charge on any atom is 0.336 e. The van der Waals surface area contributed by atoms with Gasteiger partial charge in [-0.25, -0.2) is 18.0 Å². The number of carboxylic acid groups (broad SMARTS) is 1. The van der Waals surface area contributed by atoms with Crippen LogP contribution in [-0.4, -0.2) is 11.1 Å². The van der Waals surface area contributed by atoms with E-state index in [-0.39, 0.29) is 22.0 Å². The van der Waals surface area contributed by atoms with Gasteiger partial charge in [0.05, 0.1) is 10.0 Å². The van der Waals surface area contributed by atoms with Gasteiger partial charge >= 0.3 is 5.97 Å². The van der Waals surface area contributed by atoms with E-state index in [1.165, 1.54) is 24.3 Å². The molecule has 2 nitrogen and oxygen atoms in total. The zero-order chi connectivity index (χ0) is 14.9. The van der Waals surface area contributed by atoms with Gasteiger partial charge in [-0.2, -0.15) is 0 Å². The van der Waals surface area contributed by atoms with Crippen LogP contribution in [0.25, 0.3) is 0 Å². The molecule has 0 radical (unpaired) electrons. The van der Waals surface area contributed by atoms with Crippen molar-refractivity contribution in [2.75, 3.05) is 0 Å². The second kappa shape index (κ2) is 5.66. The fourth-order valence-corrected chi connectivity index (χ4v) is 2.23. The van der Waals surface area contributed by atoms with E-state index >= 15 is 0 Å². The van der Waals surface area contributed by atoms with Gasteiger partial charge in [0.25, 0.3) is 0 Å². The number of carboxylic acids is 1. The smallest absolute Gasteiger partial charge is 0.336 e. The standard InChI is InChI=1S/C14H8BrF3O2/c15-10-6-9(14(19)20)8(12(17)13(10)18)5-7-3-1-2-4-11(7)16/h1-4,6H,5H2,(H,19,20). The molecule has 2 rings (SSSR count). The molecule has 0 atom stereocenters. The Hall–Kier alpha value is -1.82. The van der Waals surface area contributed by atoms with Gasteiger partial charge in [0, 0.05) is 12.0 Å². The lowest BCUT2D eigenvalue weighted by Crippen LogP contribution is -2.09. The summed E-state index contributed by atoms with van der Waals surface area (Å²) >= 11 is 2.75. The zero-order valence-corrected chi connectivity index (χ0v) is 11.5.